The Balaban J connectivity index is 1.53. The summed E-state index contributed by atoms with van der Waals surface area (Å²) in [5.41, 5.74) is 3.28. The summed E-state index contributed by atoms with van der Waals surface area (Å²) in [7, 11) is 3.35. The number of piperidine rings is 1. The predicted octanol–water partition coefficient (Wildman–Crippen LogP) is 5.58. The number of nitrogens with zero attached hydrogens (tertiary/aromatic N) is 1. The summed E-state index contributed by atoms with van der Waals surface area (Å²) in [5, 5.41) is 0. The molecule has 1 aliphatic heterocycles. The molecule has 1 heterocycles. The van der Waals surface area contributed by atoms with Crippen LogP contribution >= 0.6 is 0 Å². The Hall–Kier alpha value is -3.31. The van der Waals surface area contributed by atoms with E-state index in [0.29, 0.717) is 13.2 Å². The van der Waals surface area contributed by atoms with Crippen molar-refractivity contribution >= 4 is 6.29 Å². The molecule has 4 rings (SSSR count). The van der Waals surface area contributed by atoms with Crippen LogP contribution in [0.25, 0.3) is 0 Å². The van der Waals surface area contributed by atoms with Crippen molar-refractivity contribution in [2.75, 3.05) is 14.2 Å². The van der Waals surface area contributed by atoms with E-state index in [4.69, 9.17) is 14.2 Å². The highest BCUT2D eigenvalue weighted by Gasteiger charge is 2.34. The Morgan fingerprint density at radius 3 is 2.18 bits per heavy atom. The summed E-state index contributed by atoms with van der Waals surface area (Å²) >= 11 is 0. The zero-order valence-corrected chi connectivity index (χ0v) is 19.3. The highest BCUT2D eigenvalue weighted by molar-refractivity contribution is 5.59. The Bertz CT molecular complexity index is 1010. The lowest BCUT2D eigenvalue weighted by molar-refractivity contribution is -0.115. The van der Waals surface area contributed by atoms with Crippen LogP contribution in [0.3, 0.4) is 0 Å². The van der Waals surface area contributed by atoms with Gasteiger partial charge in [-0.3, -0.25) is 4.90 Å². The Labute approximate surface area is 195 Å². The van der Waals surface area contributed by atoms with E-state index in [9.17, 15) is 4.79 Å². The zero-order valence-electron chi connectivity index (χ0n) is 19.3. The minimum atomic E-state index is -0.146. The third-order valence-corrected chi connectivity index (χ3v) is 6.30. The lowest BCUT2D eigenvalue weighted by atomic mass is 9.89. The number of rotatable bonds is 9. The van der Waals surface area contributed by atoms with Crippen molar-refractivity contribution in [3.8, 4) is 17.2 Å². The summed E-state index contributed by atoms with van der Waals surface area (Å²) in [4.78, 5) is 14.3. The molecule has 0 radical (unpaired) electrons. The van der Waals surface area contributed by atoms with E-state index in [1.54, 1.807) is 14.2 Å². The molecule has 1 fully saturated rings. The average molecular weight is 446 g/mol. The van der Waals surface area contributed by atoms with E-state index in [1.165, 1.54) is 0 Å². The maximum absolute atomic E-state index is 12.0. The quantitative estimate of drug-likeness (QED) is 0.403. The van der Waals surface area contributed by atoms with E-state index >= 15 is 0 Å². The molecule has 2 atom stereocenters. The largest absolute Gasteiger partial charge is 0.496 e. The lowest BCUT2D eigenvalue weighted by Crippen LogP contribution is -2.42. The van der Waals surface area contributed by atoms with Gasteiger partial charge in [0.05, 0.1) is 25.8 Å². The summed E-state index contributed by atoms with van der Waals surface area (Å²) in [5.74, 6) is 2.41. The first-order valence-electron chi connectivity index (χ1n) is 11.4. The molecule has 1 aliphatic rings. The Morgan fingerprint density at radius 1 is 0.848 bits per heavy atom. The first-order chi connectivity index (χ1) is 16.2. The molecule has 0 amide bonds. The van der Waals surface area contributed by atoms with Gasteiger partial charge in [-0.15, -0.1) is 0 Å². The summed E-state index contributed by atoms with van der Waals surface area (Å²) in [6.45, 7) is 1.20. The van der Waals surface area contributed by atoms with Crippen molar-refractivity contribution in [1.82, 2.24) is 4.90 Å². The van der Waals surface area contributed by atoms with E-state index in [0.717, 1.165) is 59.5 Å². The van der Waals surface area contributed by atoms with Gasteiger partial charge < -0.3 is 19.0 Å². The molecule has 2 unspecified atom stereocenters. The molecule has 0 aromatic heterocycles. The van der Waals surface area contributed by atoms with Crippen LogP contribution in [0.2, 0.25) is 0 Å². The van der Waals surface area contributed by atoms with Crippen LogP contribution in [0, 0.1) is 0 Å². The fourth-order valence-corrected chi connectivity index (χ4v) is 4.62. The van der Waals surface area contributed by atoms with Gasteiger partial charge in [-0.1, -0.05) is 48.5 Å². The van der Waals surface area contributed by atoms with E-state index in [2.05, 4.69) is 29.2 Å². The molecule has 5 heteroatoms. The number of hydrogen-bond donors (Lipinski definition) is 0. The molecule has 3 aromatic rings. The van der Waals surface area contributed by atoms with Crippen LogP contribution in [0.15, 0.2) is 72.8 Å². The highest BCUT2D eigenvalue weighted by atomic mass is 16.5. The van der Waals surface area contributed by atoms with Gasteiger partial charge in [0.1, 0.15) is 30.1 Å². The summed E-state index contributed by atoms with van der Waals surface area (Å²) in [6, 6.07) is 24.0. The van der Waals surface area contributed by atoms with Gasteiger partial charge in [0, 0.05) is 12.6 Å². The van der Waals surface area contributed by atoms with Gasteiger partial charge in [0.25, 0.3) is 0 Å². The second-order valence-electron chi connectivity index (χ2n) is 8.32. The number of hydrogen-bond acceptors (Lipinski definition) is 5. The molecule has 172 valence electrons. The SMILES string of the molecule is COc1cccc(OC)c1C1CCCC(C=O)N1Cc1ccc(OCc2ccccc2)cc1. The van der Waals surface area contributed by atoms with Gasteiger partial charge in [-0.25, -0.2) is 0 Å². The number of methoxy groups -OCH3 is 2. The predicted molar refractivity (Wildman–Crippen MR) is 129 cm³/mol. The summed E-state index contributed by atoms with van der Waals surface area (Å²) in [6.07, 6.45) is 3.86. The number of ether oxygens (including phenoxy) is 3. The van der Waals surface area contributed by atoms with Gasteiger partial charge in [0.2, 0.25) is 0 Å². The van der Waals surface area contributed by atoms with Crippen LogP contribution in [0.1, 0.15) is 42.0 Å². The molecule has 5 nitrogen and oxygen atoms in total. The molecule has 3 aromatic carbocycles. The van der Waals surface area contributed by atoms with E-state index < -0.39 is 0 Å². The molecule has 0 N–H and O–H groups in total. The van der Waals surface area contributed by atoms with Crippen molar-refractivity contribution < 1.29 is 19.0 Å². The third kappa shape index (κ3) is 5.37. The Morgan fingerprint density at radius 2 is 1.55 bits per heavy atom. The van der Waals surface area contributed by atoms with Crippen LogP contribution in [0.5, 0.6) is 17.2 Å². The number of carbonyl (C=O) groups excluding carboxylic acids is 1. The topological polar surface area (TPSA) is 48.0 Å². The van der Waals surface area contributed by atoms with Crippen LogP contribution in [-0.4, -0.2) is 31.4 Å². The maximum Gasteiger partial charge on any atom is 0.137 e. The first kappa shape index (κ1) is 22.9. The standard InChI is InChI=1S/C28H31NO4/c1-31-26-12-7-13-27(32-2)28(26)25-11-6-10-23(19-30)29(25)18-21-14-16-24(17-15-21)33-20-22-8-4-3-5-9-22/h3-5,7-9,12-17,19,23,25H,6,10-11,18,20H2,1-2H3. The van der Waals surface area contributed by atoms with Gasteiger partial charge in [0.15, 0.2) is 0 Å². The first-order valence-corrected chi connectivity index (χ1v) is 11.4. The molecular weight excluding hydrogens is 414 g/mol. The van der Waals surface area contributed by atoms with Crippen molar-refractivity contribution in [2.24, 2.45) is 0 Å². The van der Waals surface area contributed by atoms with Crippen molar-refractivity contribution in [3.63, 3.8) is 0 Å². The van der Waals surface area contributed by atoms with E-state index in [1.807, 2.05) is 48.5 Å². The minimum absolute atomic E-state index is 0.0362. The second kappa shape index (κ2) is 11.0. The number of carbonyl (C=O) groups is 1. The Kier molecular flexibility index (Phi) is 7.63. The van der Waals surface area contributed by atoms with Gasteiger partial charge in [-0.05, 0) is 54.7 Å². The fraction of sp³-hybridized carbons (Fsp3) is 0.321. The zero-order chi connectivity index (χ0) is 23.0. The highest BCUT2D eigenvalue weighted by Crippen LogP contribution is 2.43. The smallest absolute Gasteiger partial charge is 0.137 e. The molecule has 33 heavy (non-hydrogen) atoms. The molecule has 0 saturated carbocycles. The normalized spacial score (nSPS) is 18.5. The van der Waals surface area contributed by atoms with Gasteiger partial charge >= 0.3 is 0 Å². The van der Waals surface area contributed by atoms with Crippen molar-refractivity contribution in [2.45, 2.75) is 44.5 Å². The molecule has 0 bridgehead atoms. The van der Waals surface area contributed by atoms with Crippen LogP contribution in [-0.2, 0) is 17.9 Å². The van der Waals surface area contributed by atoms with Gasteiger partial charge in [-0.2, -0.15) is 0 Å². The number of likely N-dealkylation sites (tertiary alicyclic amines) is 1. The number of benzene rings is 3. The number of aldehydes is 1. The van der Waals surface area contributed by atoms with Crippen molar-refractivity contribution in [1.29, 1.82) is 0 Å². The van der Waals surface area contributed by atoms with Crippen molar-refractivity contribution in [3.05, 3.63) is 89.5 Å². The average Bonchev–Trinajstić information content (AvgIpc) is 2.88. The lowest BCUT2D eigenvalue weighted by Gasteiger charge is -2.41. The molecule has 0 spiro atoms. The monoisotopic (exact) mass is 445 g/mol. The second-order valence-corrected chi connectivity index (χ2v) is 8.32. The third-order valence-electron chi connectivity index (χ3n) is 6.30. The maximum atomic E-state index is 12.0. The van der Waals surface area contributed by atoms with Crippen LogP contribution < -0.4 is 14.2 Å². The van der Waals surface area contributed by atoms with E-state index in [-0.39, 0.29) is 12.1 Å². The minimum Gasteiger partial charge on any atom is -0.496 e. The molecular formula is C28H31NO4. The van der Waals surface area contributed by atoms with Crippen LogP contribution in [0.4, 0.5) is 0 Å². The molecule has 0 aliphatic carbocycles. The fourth-order valence-electron chi connectivity index (χ4n) is 4.62. The summed E-state index contributed by atoms with van der Waals surface area (Å²) < 4.78 is 17.3. The molecule has 1 saturated heterocycles.